The van der Waals surface area contributed by atoms with Crippen LogP contribution in [0.15, 0.2) is 104 Å². The second-order valence-corrected chi connectivity index (χ2v) is 10.8. The Kier molecular flexibility index (Phi) is 11.6. The molecule has 8 nitrogen and oxygen atoms in total. The minimum atomic E-state index is -0.541. The van der Waals surface area contributed by atoms with Gasteiger partial charge in [-0.25, -0.2) is 14.4 Å². The van der Waals surface area contributed by atoms with Crippen molar-refractivity contribution in [2.24, 2.45) is 0 Å². The predicted molar refractivity (Wildman–Crippen MR) is 172 cm³/mol. The molecule has 234 valence electrons. The van der Waals surface area contributed by atoms with Crippen molar-refractivity contribution in [2.45, 2.75) is 37.7 Å². The molecule has 0 unspecified atom stereocenters. The molecular formula is C37H38O8. The average molecular weight is 611 g/mol. The van der Waals surface area contributed by atoms with Crippen LogP contribution in [0.3, 0.4) is 0 Å². The topological polar surface area (TPSA) is 97.4 Å². The molecule has 1 aliphatic carbocycles. The normalized spacial score (nSPS) is 15.9. The van der Waals surface area contributed by atoms with Gasteiger partial charge in [0, 0.05) is 20.3 Å². The van der Waals surface area contributed by atoms with Crippen molar-refractivity contribution < 1.29 is 38.1 Å². The summed E-state index contributed by atoms with van der Waals surface area (Å²) in [5, 5.41) is 0. The summed E-state index contributed by atoms with van der Waals surface area (Å²) in [6, 6.07) is 21.1. The highest BCUT2D eigenvalue weighted by atomic mass is 16.5. The Morgan fingerprint density at radius 1 is 0.711 bits per heavy atom. The van der Waals surface area contributed by atoms with Gasteiger partial charge in [-0.05, 0) is 83.7 Å². The number of methoxy groups -OCH3 is 2. The van der Waals surface area contributed by atoms with Gasteiger partial charge in [0.25, 0.3) is 0 Å². The summed E-state index contributed by atoms with van der Waals surface area (Å²) in [7, 11) is 2.98. The van der Waals surface area contributed by atoms with Crippen molar-refractivity contribution in [1.29, 1.82) is 0 Å². The molecular weight excluding hydrogens is 572 g/mol. The van der Waals surface area contributed by atoms with Crippen molar-refractivity contribution in [3.05, 3.63) is 109 Å². The van der Waals surface area contributed by atoms with E-state index in [1.54, 1.807) is 18.2 Å². The number of esters is 3. The van der Waals surface area contributed by atoms with Gasteiger partial charge in [-0.1, -0.05) is 62.2 Å². The Hall–Kier alpha value is -4.79. The van der Waals surface area contributed by atoms with Gasteiger partial charge in [-0.2, -0.15) is 0 Å². The second kappa shape index (κ2) is 15.8. The molecule has 8 heteroatoms. The van der Waals surface area contributed by atoms with Crippen LogP contribution in [0, 0.1) is 0 Å². The second-order valence-electron chi connectivity index (χ2n) is 10.8. The number of hydrogen-bond donors (Lipinski definition) is 0. The van der Waals surface area contributed by atoms with Crippen LogP contribution < -0.4 is 9.47 Å². The number of benzene rings is 3. The molecule has 0 N–H and O–H groups in total. The van der Waals surface area contributed by atoms with E-state index in [0.29, 0.717) is 11.5 Å². The van der Waals surface area contributed by atoms with Gasteiger partial charge in [-0.3, -0.25) is 0 Å². The molecule has 3 aromatic rings. The van der Waals surface area contributed by atoms with Crippen molar-refractivity contribution in [3.63, 3.8) is 0 Å². The smallest absolute Gasteiger partial charge is 0.341 e. The van der Waals surface area contributed by atoms with Gasteiger partial charge in [0.2, 0.25) is 0 Å². The lowest BCUT2D eigenvalue weighted by atomic mass is 9.79. The van der Waals surface area contributed by atoms with E-state index >= 15 is 0 Å². The maximum Gasteiger partial charge on any atom is 0.341 e. The van der Waals surface area contributed by atoms with Crippen LogP contribution in [-0.4, -0.2) is 51.4 Å². The Balaban J connectivity index is 1.55. The van der Waals surface area contributed by atoms with Gasteiger partial charge in [0.05, 0.1) is 24.4 Å². The minimum Gasteiger partial charge on any atom is -0.459 e. The van der Waals surface area contributed by atoms with E-state index in [0.717, 1.165) is 53.5 Å². The van der Waals surface area contributed by atoms with Crippen molar-refractivity contribution in [3.8, 4) is 33.8 Å². The lowest BCUT2D eigenvalue weighted by Gasteiger charge is -2.30. The summed E-state index contributed by atoms with van der Waals surface area (Å²) < 4.78 is 26.4. The molecule has 0 spiro atoms. The first-order valence-electron chi connectivity index (χ1n) is 14.7. The van der Waals surface area contributed by atoms with Crippen molar-refractivity contribution in [1.82, 2.24) is 0 Å². The summed E-state index contributed by atoms with van der Waals surface area (Å²) in [6.45, 7) is 11.1. The zero-order valence-electron chi connectivity index (χ0n) is 25.7. The lowest BCUT2D eigenvalue weighted by Crippen LogP contribution is -2.23. The molecule has 0 aliphatic heterocycles. The van der Waals surface area contributed by atoms with Gasteiger partial charge < -0.3 is 23.7 Å². The van der Waals surface area contributed by atoms with Crippen molar-refractivity contribution >= 4 is 17.9 Å². The van der Waals surface area contributed by atoms with E-state index < -0.39 is 17.9 Å². The number of rotatable bonds is 13. The van der Waals surface area contributed by atoms with Crippen LogP contribution in [0.4, 0.5) is 0 Å². The molecule has 0 amide bonds. The molecule has 0 radical (unpaired) electrons. The van der Waals surface area contributed by atoms with E-state index in [1.807, 2.05) is 36.4 Å². The molecule has 0 atom stereocenters. The number of hydrogen-bond acceptors (Lipinski definition) is 8. The van der Waals surface area contributed by atoms with Crippen LogP contribution in [0.1, 0.15) is 37.2 Å². The zero-order valence-corrected chi connectivity index (χ0v) is 25.7. The molecule has 4 rings (SSSR count). The number of carbonyl (C=O) groups excluding carboxylic acids is 3. The van der Waals surface area contributed by atoms with Crippen LogP contribution >= 0.6 is 0 Å². The summed E-state index contributed by atoms with van der Waals surface area (Å²) >= 11 is 0. The monoisotopic (exact) mass is 610 g/mol. The number of ether oxygens (including phenoxy) is 5. The highest BCUT2D eigenvalue weighted by molar-refractivity contribution is 5.90. The van der Waals surface area contributed by atoms with E-state index in [4.69, 9.17) is 23.7 Å². The van der Waals surface area contributed by atoms with E-state index in [-0.39, 0.29) is 36.4 Å². The maximum atomic E-state index is 12.5. The third-order valence-corrected chi connectivity index (χ3v) is 7.61. The minimum absolute atomic E-state index is 0.0849. The first-order chi connectivity index (χ1) is 21.7. The average Bonchev–Trinajstić information content (AvgIpc) is 3.05. The van der Waals surface area contributed by atoms with Gasteiger partial charge in [0.15, 0.2) is 0 Å². The zero-order chi connectivity index (χ0) is 32.3. The highest BCUT2D eigenvalue weighted by Crippen LogP contribution is 2.41. The fourth-order valence-electron chi connectivity index (χ4n) is 5.29. The molecule has 0 saturated heterocycles. The SMILES string of the molecule is C=CC(=O)OC1CCC(c2cc(OC(=O)C(=C)COC)ccc2-c2ccc(-c3ccc(OC(=O)C(=C)COC)cc3)cc2)CC1. The van der Waals surface area contributed by atoms with Gasteiger partial charge in [0.1, 0.15) is 17.6 Å². The summed E-state index contributed by atoms with van der Waals surface area (Å²) in [5.41, 5.74) is 5.52. The molecule has 1 aliphatic rings. The van der Waals surface area contributed by atoms with Crippen LogP contribution in [-0.2, 0) is 28.6 Å². The molecule has 0 bridgehead atoms. The standard InChI is InChI=1S/C37H38O8/c1-6-35(38)43-30-17-13-29(14-18-30)34-21-32(45-37(40)25(3)23-42-5)19-20-33(34)28-9-7-26(8-10-28)27-11-15-31(16-12-27)44-36(39)24(2)22-41-4/h6-12,15-16,19-21,29-30H,1-3,13-14,17-18,22-23H2,4-5H3. The van der Waals surface area contributed by atoms with E-state index in [1.165, 1.54) is 20.3 Å². The van der Waals surface area contributed by atoms with E-state index in [2.05, 4.69) is 31.9 Å². The fourth-order valence-corrected chi connectivity index (χ4v) is 5.29. The van der Waals surface area contributed by atoms with Crippen LogP contribution in [0.25, 0.3) is 22.3 Å². The molecule has 3 aromatic carbocycles. The largest absolute Gasteiger partial charge is 0.459 e. The predicted octanol–water partition coefficient (Wildman–Crippen LogP) is 6.99. The van der Waals surface area contributed by atoms with Gasteiger partial charge >= 0.3 is 17.9 Å². The molecule has 45 heavy (non-hydrogen) atoms. The lowest BCUT2D eigenvalue weighted by molar-refractivity contribution is -0.144. The first-order valence-corrected chi connectivity index (χ1v) is 14.7. The summed E-state index contributed by atoms with van der Waals surface area (Å²) in [5.74, 6) is -0.456. The van der Waals surface area contributed by atoms with E-state index in [9.17, 15) is 14.4 Å². The Labute approximate surface area is 263 Å². The van der Waals surface area contributed by atoms with Gasteiger partial charge in [-0.15, -0.1) is 0 Å². The van der Waals surface area contributed by atoms with Crippen LogP contribution in [0.2, 0.25) is 0 Å². The third kappa shape index (κ3) is 8.88. The Morgan fingerprint density at radius 3 is 1.73 bits per heavy atom. The summed E-state index contributed by atoms with van der Waals surface area (Å²) in [4.78, 5) is 36.4. The Morgan fingerprint density at radius 2 is 1.20 bits per heavy atom. The Bertz CT molecular complexity index is 1540. The maximum absolute atomic E-state index is 12.5. The molecule has 0 heterocycles. The molecule has 1 saturated carbocycles. The quantitative estimate of drug-likeness (QED) is 0.116. The fraction of sp³-hybridized carbons (Fsp3) is 0.270. The molecule has 1 fully saturated rings. The van der Waals surface area contributed by atoms with Crippen LogP contribution in [0.5, 0.6) is 11.5 Å². The summed E-state index contributed by atoms with van der Waals surface area (Å²) in [6.07, 6.45) is 4.11. The van der Waals surface area contributed by atoms with Crippen molar-refractivity contribution in [2.75, 3.05) is 27.4 Å². The highest BCUT2D eigenvalue weighted by Gasteiger charge is 2.27. The molecule has 0 aromatic heterocycles. The first kappa shape index (κ1) is 33.1. The third-order valence-electron chi connectivity index (χ3n) is 7.61. The number of carbonyl (C=O) groups is 3.